The van der Waals surface area contributed by atoms with Crippen molar-refractivity contribution in [1.82, 2.24) is 0 Å². The van der Waals surface area contributed by atoms with Crippen LogP contribution in [0.4, 0.5) is 0 Å². The zero-order valence-electron chi connectivity index (χ0n) is 9.28. The van der Waals surface area contributed by atoms with E-state index >= 15 is 0 Å². The Morgan fingerprint density at radius 1 is 1.18 bits per heavy atom. The van der Waals surface area contributed by atoms with Crippen LogP contribution in [-0.2, 0) is 19.4 Å². The van der Waals surface area contributed by atoms with Crippen molar-refractivity contribution in [3.05, 3.63) is 22.3 Å². The van der Waals surface area contributed by atoms with Crippen molar-refractivity contribution >= 4 is 5.97 Å². The second kappa shape index (κ2) is 3.63. The molecule has 0 aromatic heterocycles. The van der Waals surface area contributed by atoms with E-state index in [1.54, 1.807) is 0 Å². The zero-order chi connectivity index (χ0) is 12.0. The van der Waals surface area contributed by atoms with E-state index in [1.165, 1.54) is 0 Å². The standard InChI is InChI=1S/C12H13NO4/c13-5-8-6-1-3-17-11(6)9(12(14)15)7-2-4-16-10(7)8/h1-5,13H2,(H,14,15). The molecule has 3 N–H and O–H groups in total. The molecule has 0 saturated heterocycles. The number of hydrogen-bond donors (Lipinski definition) is 2. The lowest BCUT2D eigenvalue weighted by molar-refractivity contribution is 0.0692. The molecule has 0 bridgehead atoms. The van der Waals surface area contributed by atoms with Gasteiger partial charge in [0.05, 0.1) is 13.2 Å². The molecule has 3 rings (SSSR count). The minimum atomic E-state index is -0.950. The van der Waals surface area contributed by atoms with Crippen LogP contribution in [0.15, 0.2) is 0 Å². The molecule has 5 nitrogen and oxygen atoms in total. The van der Waals surface area contributed by atoms with Gasteiger partial charge in [0.25, 0.3) is 0 Å². The summed E-state index contributed by atoms with van der Waals surface area (Å²) in [5, 5.41) is 9.31. The summed E-state index contributed by atoms with van der Waals surface area (Å²) in [4.78, 5) is 11.4. The van der Waals surface area contributed by atoms with E-state index in [1.807, 2.05) is 0 Å². The fourth-order valence-electron chi connectivity index (χ4n) is 2.65. The predicted octanol–water partition coefficient (Wildman–Crippen LogP) is 0.713. The molecule has 2 aliphatic heterocycles. The predicted molar refractivity (Wildman–Crippen MR) is 59.7 cm³/mol. The highest BCUT2D eigenvalue weighted by atomic mass is 16.5. The number of benzene rings is 1. The average Bonchev–Trinajstić information content (AvgIpc) is 2.92. The van der Waals surface area contributed by atoms with Crippen LogP contribution in [0.2, 0.25) is 0 Å². The van der Waals surface area contributed by atoms with E-state index in [2.05, 4.69) is 0 Å². The summed E-state index contributed by atoms with van der Waals surface area (Å²) in [7, 11) is 0. The third-order valence-corrected chi connectivity index (χ3v) is 3.33. The maximum absolute atomic E-state index is 11.4. The van der Waals surface area contributed by atoms with E-state index < -0.39 is 5.97 Å². The number of fused-ring (bicyclic) bond motifs is 2. The third-order valence-electron chi connectivity index (χ3n) is 3.33. The zero-order valence-corrected chi connectivity index (χ0v) is 9.28. The molecule has 5 heteroatoms. The van der Waals surface area contributed by atoms with Gasteiger partial charge in [0, 0.05) is 36.1 Å². The molecule has 1 aromatic carbocycles. The number of carboxylic acids is 1. The van der Waals surface area contributed by atoms with E-state index in [9.17, 15) is 9.90 Å². The molecule has 0 unspecified atom stereocenters. The van der Waals surface area contributed by atoms with Gasteiger partial charge in [0.15, 0.2) is 0 Å². The largest absolute Gasteiger partial charge is 0.493 e. The molecule has 0 aliphatic carbocycles. The second-order valence-electron chi connectivity index (χ2n) is 4.18. The number of hydrogen-bond acceptors (Lipinski definition) is 4. The van der Waals surface area contributed by atoms with E-state index in [4.69, 9.17) is 15.2 Å². The summed E-state index contributed by atoms with van der Waals surface area (Å²) in [5.41, 5.74) is 8.56. The van der Waals surface area contributed by atoms with E-state index in [-0.39, 0.29) is 5.56 Å². The van der Waals surface area contributed by atoms with Crippen molar-refractivity contribution in [2.75, 3.05) is 13.2 Å². The molecule has 0 fully saturated rings. The van der Waals surface area contributed by atoms with Crippen molar-refractivity contribution < 1.29 is 19.4 Å². The Balaban J connectivity index is 2.34. The highest BCUT2D eigenvalue weighted by Gasteiger charge is 2.33. The molecule has 0 atom stereocenters. The number of ether oxygens (including phenoxy) is 2. The Bertz CT molecular complexity index is 475. The Kier molecular flexibility index (Phi) is 2.22. The molecule has 2 heterocycles. The number of rotatable bonds is 2. The number of carboxylic acid groups (broad SMARTS) is 1. The van der Waals surface area contributed by atoms with E-state index in [0.29, 0.717) is 44.1 Å². The first-order valence-electron chi connectivity index (χ1n) is 5.63. The molecule has 0 spiro atoms. The van der Waals surface area contributed by atoms with Gasteiger partial charge >= 0.3 is 5.97 Å². The SMILES string of the molecule is NCc1c2c(c(C(=O)O)c3c1OCC3)OCC2. The first kappa shape index (κ1) is 10.4. The van der Waals surface area contributed by atoms with Gasteiger partial charge < -0.3 is 20.3 Å². The van der Waals surface area contributed by atoms with Gasteiger partial charge in [-0.15, -0.1) is 0 Å². The lowest BCUT2D eigenvalue weighted by atomic mass is 9.94. The molecule has 1 aromatic rings. The summed E-state index contributed by atoms with van der Waals surface area (Å²) < 4.78 is 11.0. The van der Waals surface area contributed by atoms with Crippen molar-refractivity contribution in [3.63, 3.8) is 0 Å². The summed E-state index contributed by atoms with van der Waals surface area (Å²) in [5.74, 6) is 0.227. The molecule has 0 amide bonds. The van der Waals surface area contributed by atoms with Gasteiger partial charge in [-0.05, 0) is 0 Å². The number of nitrogens with two attached hydrogens (primary N) is 1. The van der Waals surface area contributed by atoms with Gasteiger partial charge in [-0.3, -0.25) is 0 Å². The Labute approximate surface area is 98.1 Å². The minimum absolute atomic E-state index is 0.266. The van der Waals surface area contributed by atoms with Gasteiger partial charge in [-0.25, -0.2) is 4.79 Å². The van der Waals surface area contributed by atoms with Crippen molar-refractivity contribution in [3.8, 4) is 11.5 Å². The highest BCUT2D eigenvalue weighted by molar-refractivity contribution is 5.95. The first-order chi connectivity index (χ1) is 8.24. The molecule has 0 saturated carbocycles. The molecule has 0 radical (unpaired) electrons. The summed E-state index contributed by atoms with van der Waals surface area (Å²) in [6.07, 6.45) is 1.32. The number of carbonyl (C=O) groups is 1. The molecule has 2 aliphatic rings. The van der Waals surface area contributed by atoms with Crippen molar-refractivity contribution in [2.24, 2.45) is 5.73 Å². The van der Waals surface area contributed by atoms with Crippen LogP contribution < -0.4 is 15.2 Å². The molecular formula is C12H13NO4. The van der Waals surface area contributed by atoms with Gasteiger partial charge in [0.1, 0.15) is 17.1 Å². The van der Waals surface area contributed by atoms with Crippen molar-refractivity contribution in [1.29, 1.82) is 0 Å². The lowest BCUT2D eigenvalue weighted by Gasteiger charge is -2.14. The topological polar surface area (TPSA) is 81.8 Å². The third kappa shape index (κ3) is 1.32. The fourth-order valence-corrected chi connectivity index (χ4v) is 2.65. The summed E-state index contributed by atoms with van der Waals surface area (Å²) in [6.45, 7) is 1.39. The normalized spacial score (nSPS) is 16.1. The van der Waals surface area contributed by atoms with Gasteiger partial charge in [-0.1, -0.05) is 0 Å². The average molecular weight is 235 g/mol. The van der Waals surface area contributed by atoms with Crippen LogP contribution in [0.5, 0.6) is 11.5 Å². The maximum Gasteiger partial charge on any atom is 0.339 e. The highest BCUT2D eigenvalue weighted by Crippen LogP contribution is 2.44. The molecule has 90 valence electrons. The Morgan fingerprint density at radius 3 is 2.47 bits per heavy atom. The summed E-state index contributed by atoms with van der Waals surface area (Å²) >= 11 is 0. The number of aromatic carboxylic acids is 1. The smallest absolute Gasteiger partial charge is 0.339 e. The van der Waals surface area contributed by atoms with Crippen LogP contribution in [0.1, 0.15) is 27.0 Å². The second-order valence-corrected chi connectivity index (χ2v) is 4.18. The van der Waals surface area contributed by atoms with Crippen LogP contribution in [0, 0.1) is 0 Å². The lowest BCUT2D eigenvalue weighted by Crippen LogP contribution is -2.08. The van der Waals surface area contributed by atoms with Crippen LogP contribution >= 0.6 is 0 Å². The van der Waals surface area contributed by atoms with Crippen molar-refractivity contribution in [2.45, 2.75) is 19.4 Å². The molecule has 17 heavy (non-hydrogen) atoms. The minimum Gasteiger partial charge on any atom is -0.493 e. The quantitative estimate of drug-likeness (QED) is 0.789. The van der Waals surface area contributed by atoms with Crippen LogP contribution in [0.3, 0.4) is 0 Å². The van der Waals surface area contributed by atoms with E-state index in [0.717, 1.165) is 16.7 Å². The summed E-state index contributed by atoms with van der Waals surface area (Å²) in [6, 6.07) is 0. The van der Waals surface area contributed by atoms with Crippen LogP contribution in [-0.4, -0.2) is 24.3 Å². The van der Waals surface area contributed by atoms with Gasteiger partial charge in [0.2, 0.25) is 0 Å². The Hall–Kier alpha value is -1.75. The molecular weight excluding hydrogens is 222 g/mol. The fraction of sp³-hybridized carbons (Fsp3) is 0.417. The first-order valence-corrected chi connectivity index (χ1v) is 5.63. The maximum atomic E-state index is 11.4. The van der Waals surface area contributed by atoms with Crippen LogP contribution in [0.25, 0.3) is 0 Å². The Morgan fingerprint density at radius 2 is 1.82 bits per heavy atom. The van der Waals surface area contributed by atoms with Gasteiger partial charge in [-0.2, -0.15) is 0 Å². The monoisotopic (exact) mass is 235 g/mol.